The zero-order valence-corrected chi connectivity index (χ0v) is 15.9. The van der Waals surface area contributed by atoms with Crippen LogP contribution < -0.4 is 0 Å². The van der Waals surface area contributed by atoms with E-state index in [4.69, 9.17) is 44.3 Å². The van der Waals surface area contributed by atoms with Crippen LogP contribution in [-0.4, -0.2) is 30.1 Å². The second kappa shape index (κ2) is 8.21. The smallest absolute Gasteiger partial charge is 0.328 e. The first-order valence-corrected chi connectivity index (χ1v) is 8.34. The average molecular weight is 413 g/mol. The fourth-order valence-corrected chi connectivity index (χ4v) is 2.49. The quantitative estimate of drug-likeness (QED) is 0.232. The van der Waals surface area contributed by atoms with Gasteiger partial charge >= 0.3 is 11.9 Å². The molecule has 0 N–H and O–H groups in total. The fraction of sp³-hybridized carbons (Fsp3) is 0.467. The lowest BCUT2D eigenvalue weighted by Crippen LogP contribution is -2.44. The summed E-state index contributed by atoms with van der Waals surface area (Å²) in [6.07, 6.45) is 0. The van der Waals surface area contributed by atoms with Gasteiger partial charge in [0.2, 0.25) is 3.79 Å². The normalized spacial score (nSPS) is 11.8. The maximum absolute atomic E-state index is 12.4. The molecule has 7 nitrogen and oxygen atoms in total. The van der Waals surface area contributed by atoms with Gasteiger partial charge < -0.3 is 9.47 Å². The number of rotatable bonds is 6. The second-order valence-corrected chi connectivity index (χ2v) is 7.33. The van der Waals surface area contributed by atoms with Gasteiger partial charge in [0.05, 0.1) is 23.7 Å². The van der Waals surface area contributed by atoms with E-state index in [-0.39, 0.29) is 24.3 Å². The molecular formula is C15H16Cl3NO6. The monoisotopic (exact) mass is 411 g/mol. The number of halogens is 3. The van der Waals surface area contributed by atoms with Gasteiger partial charge in [-0.15, -0.1) is 0 Å². The molecule has 0 aromatic heterocycles. The molecule has 0 atom stereocenters. The fourth-order valence-electron chi connectivity index (χ4n) is 2.14. The summed E-state index contributed by atoms with van der Waals surface area (Å²) in [5.74, 6) is -1.95. The van der Waals surface area contributed by atoms with Gasteiger partial charge in [0.1, 0.15) is 0 Å². The Morgan fingerprint density at radius 1 is 1.12 bits per heavy atom. The molecular weight excluding hydrogens is 397 g/mol. The number of benzene rings is 1. The van der Waals surface area contributed by atoms with Crippen LogP contribution in [0.3, 0.4) is 0 Å². The number of ether oxygens (including phenoxy) is 2. The van der Waals surface area contributed by atoms with Crippen molar-refractivity contribution >= 4 is 52.4 Å². The third-order valence-electron chi connectivity index (χ3n) is 3.43. The van der Waals surface area contributed by atoms with Crippen LogP contribution in [0.2, 0.25) is 0 Å². The first-order chi connectivity index (χ1) is 11.5. The predicted octanol–water partition coefficient (Wildman–Crippen LogP) is 3.81. The van der Waals surface area contributed by atoms with E-state index in [0.717, 1.165) is 6.07 Å². The van der Waals surface area contributed by atoms with Crippen LogP contribution in [0.15, 0.2) is 18.2 Å². The number of hydrogen-bond acceptors (Lipinski definition) is 6. The van der Waals surface area contributed by atoms with Gasteiger partial charge in [0.15, 0.2) is 5.41 Å². The van der Waals surface area contributed by atoms with Gasteiger partial charge in [-0.2, -0.15) is 0 Å². The van der Waals surface area contributed by atoms with Crippen molar-refractivity contribution in [3.8, 4) is 0 Å². The lowest BCUT2D eigenvalue weighted by atomic mass is 9.81. The summed E-state index contributed by atoms with van der Waals surface area (Å²) < 4.78 is 7.93. The Hall–Kier alpha value is -1.57. The molecule has 0 fully saturated rings. The molecule has 0 radical (unpaired) electrons. The van der Waals surface area contributed by atoms with Gasteiger partial charge in [-0.3, -0.25) is 19.7 Å². The Balaban J connectivity index is 3.66. The first-order valence-electron chi connectivity index (χ1n) is 7.20. The number of nitro groups is 1. The molecule has 0 aliphatic rings. The summed E-state index contributed by atoms with van der Waals surface area (Å²) in [6, 6.07) is 3.47. The number of esters is 2. The molecule has 0 aliphatic heterocycles. The van der Waals surface area contributed by atoms with E-state index >= 15 is 0 Å². The van der Waals surface area contributed by atoms with Crippen molar-refractivity contribution < 1.29 is 24.0 Å². The highest BCUT2D eigenvalue weighted by Gasteiger charge is 2.50. The molecule has 1 rings (SSSR count). The highest BCUT2D eigenvalue weighted by atomic mass is 35.6. The Morgan fingerprint density at radius 2 is 1.60 bits per heavy atom. The van der Waals surface area contributed by atoms with E-state index in [1.807, 2.05) is 0 Å². The lowest BCUT2D eigenvalue weighted by molar-refractivity contribution is -0.386. The number of nitro benzene ring substituents is 1. The summed E-state index contributed by atoms with van der Waals surface area (Å²) in [5, 5.41) is 11.5. The summed E-state index contributed by atoms with van der Waals surface area (Å²) in [4.78, 5) is 35.5. The minimum absolute atomic E-state index is 0.0167. The zero-order valence-electron chi connectivity index (χ0n) is 13.7. The van der Waals surface area contributed by atoms with Crippen LogP contribution in [0.1, 0.15) is 31.9 Å². The average Bonchev–Trinajstić information content (AvgIpc) is 2.52. The van der Waals surface area contributed by atoms with Gasteiger partial charge in [-0.05, 0) is 26.8 Å². The van der Waals surface area contributed by atoms with E-state index in [9.17, 15) is 19.7 Å². The number of carbonyl (C=O) groups excluding carboxylic acids is 2. The van der Waals surface area contributed by atoms with E-state index in [1.165, 1.54) is 19.1 Å². The Kier molecular flexibility index (Phi) is 7.05. The molecule has 0 spiro atoms. The topological polar surface area (TPSA) is 95.7 Å². The summed E-state index contributed by atoms with van der Waals surface area (Å²) in [7, 11) is 0. The van der Waals surface area contributed by atoms with Crippen molar-refractivity contribution in [2.24, 2.45) is 0 Å². The molecule has 0 saturated heterocycles. The van der Waals surface area contributed by atoms with Crippen molar-refractivity contribution in [3.05, 3.63) is 39.4 Å². The van der Waals surface area contributed by atoms with Crippen molar-refractivity contribution in [2.45, 2.75) is 30.0 Å². The van der Waals surface area contributed by atoms with Crippen molar-refractivity contribution in [2.75, 3.05) is 13.2 Å². The maximum atomic E-state index is 12.4. The second-order valence-electron chi connectivity index (χ2n) is 5.05. The number of alkyl halides is 3. The van der Waals surface area contributed by atoms with E-state index in [1.54, 1.807) is 13.8 Å². The predicted molar refractivity (Wildman–Crippen MR) is 93.0 cm³/mol. The molecule has 1 aromatic rings. The van der Waals surface area contributed by atoms with Gasteiger partial charge in [0.25, 0.3) is 5.69 Å². The Morgan fingerprint density at radius 3 is 1.96 bits per heavy atom. The van der Waals surface area contributed by atoms with Crippen LogP contribution in [0, 0.1) is 10.1 Å². The van der Waals surface area contributed by atoms with Crippen LogP contribution in [-0.2, 0) is 28.3 Å². The molecule has 0 aliphatic carbocycles. The lowest BCUT2D eigenvalue weighted by Gasteiger charge is -2.25. The van der Waals surface area contributed by atoms with Crippen LogP contribution in [0.4, 0.5) is 5.69 Å². The summed E-state index contributed by atoms with van der Waals surface area (Å²) in [6.45, 7) is 4.25. The van der Waals surface area contributed by atoms with Gasteiger partial charge in [-0.1, -0.05) is 40.9 Å². The maximum Gasteiger partial charge on any atom is 0.328 e. The minimum Gasteiger partial charge on any atom is -0.465 e. The molecule has 25 heavy (non-hydrogen) atoms. The standard InChI is InChI=1S/C15H16Cl3NO6/c1-4-24-12(20)14(3,13(21)25-5-2)10-7-6-9(15(16,17)18)8-11(10)19(22)23/h6-8H,4-5H2,1-3H3. The van der Waals surface area contributed by atoms with E-state index < -0.39 is 31.8 Å². The number of hydrogen-bond donors (Lipinski definition) is 0. The van der Waals surface area contributed by atoms with Crippen molar-refractivity contribution in [3.63, 3.8) is 0 Å². The Labute approximate surface area is 159 Å². The van der Waals surface area contributed by atoms with Crippen LogP contribution in [0.5, 0.6) is 0 Å². The molecule has 0 heterocycles. The highest BCUT2D eigenvalue weighted by molar-refractivity contribution is 6.66. The van der Waals surface area contributed by atoms with Gasteiger partial charge in [-0.25, -0.2) is 0 Å². The van der Waals surface area contributed by atoms with Crippen LogP contribution >= 0.6 is 34.8 Å². The van der Waals surface area contributed by atoms with Gasteiger partial charge in [0, 0.05) is 11.6 Å². The number of nitrogens with zero attached hydrogens (tertiary/aromatic N) is 1. The van der Waals surface area contributed by atoms with Crippen LogP contribution in [0.25, 0.3) is 0 Å². The molecule has 0 unspecified atom stereocenters. The number of carbonyl (C=O) groups is 2. The van der Waals surface area contributed by atoms with E-state index in [2.05, 4.69) is 0 Å². The van der Waals surface area contributed by atoms with Crippen molar-refractivity contribution in [1.29, 1.82) is 0 Å². The minimum atomic E-state index is -2.04. The molecule has 10 heteroatoms. The molecule has 0 amide bonds. The third kappa shape index (κ3) is 4.54. The summed E-state index contributed by atoms with van der Waals surface area (Å²) in [5.41, 5.74) is -2.80. The molecule has 0 bridgehead atoms. The Bertz CT molecular complexity index is 668. The molecule has 0 saturated carbocycles. The highest BCUT2D eigenvalue weighted by Crippen LogP contribution is 2.42. The molecule has 1 aromatic carbocycles. The summed E-state index contributed by atoms with van der Waals surface area (Å²) >= 11 is 17.3. The largest absolute Gasteiger partial charge is 0.465 e. The van der Waals surface area contributed by atoms with Crippen molar-refractivity contribution in [1.82, 2.24) is 0 Å². The SMILES string of the molecule is CCOC(=O)C(C)(C(=O)OCC)c1ccc(C(Cl)(Cl)Cl)cc1[N+](=O)[O-]. The first kappa shape index (κ1) is 21.5. The van der Waals surface area contributed by atoms with E-state index in [0.29, 0.717) is 0 Å². The molecule has 138 valence electrons. The third-order valence-corrected chi connectivity index (χ3v) is 4.08. The zero-order chi connectivity index (χ0) is 19.4.